The second-order valence-electron chi connectivity index (χ2n) is 2.43. The molecule has 0 aliphatic heterocycles. The van der Waals surface area contributed by atoms with Crippen LogP contribution in [0, 0.1) is 5.92 Å². The van der Waals surface area contributed by atoms with Gasteiger partial charge in [0.1, 0.15) is 0 Å². The average Bonchev–Trinajstić information content (AvgIpc) is 1.83. The van der Waals surface area contributed by atoms with Crippen LogP contribution < -0.4 is 29.6 Å². The maximum Gasteiger partial charge on any atom is 1.00 e. The van der Waals surface area contributed by atoms with Crippen molar-refractivity contribution in [2.75, 3.05) is 6.61 Å². The molecular formula is C7H17NaO. The molecule has 0 rings (SSSR count). The number of hydrogen-bond acceptors (Lipinski definition) is 1. The third kappa shape index (κ3) is 8.96. The predicted octanol–water partition coefficient (Wildman–Crippen LogP) is -1.08. The van der Waals surface area contributed by atoms with Gasteiger partial charge in [-0.05, 0) is 12.3 Å². The van der Waals surface area contributed by atoms with Gasteiger partial charge in [-0.25, -0.2) is 0 Å². The summed E-state index contributed by atoms with van der Waals surface area (Å²) in [5.41, 5.74) is 0. The van der Waals surface area contributed by atoms with E-state index >= 15 is 0 Å². The van der Waals surface area contributed by atoms with Crippen molar-refractivity contribution in [3.63, 3.8) is 0 Å². The molecule has 52 valence electrons. The summed E-state index contributed by atoms with van der Waals surface area (Å²) in [6.45, 7) is 4.60. The molecule has 1 unspecified atom stereocenters. The van der Waals surface area contributed by atoms with Gasteiger partial charge < -0.3 is 6.53 Å². The smallest absolute Gasteiger partial charge is 1.00 e. The molecule has 0 aromatic carbocycles. The van der Waals surface area contributed by atoms with Crippen LogP contribution in [0.2, 0.25) is 0 Å². The van der Waals surface area contributed by atoms with Gasteiger partial charge in [-0.15, -0.1) is 0 Å². The molecular weight excluding hydrogens is 123 g/mol. The predicted molar refractivity (Wildman–Crippen MR) is 36.9 cm³/mol. The van der Waals surface area contributed by atoms with E-state index in [1.807, 2.05) is 0 Å². The first-order chi connectivity index (χ1) is 3.81. The average molecular weight is 140 g/mol. The van der Waals surface area contributed by atoms with Crippen molar-refractivity contribution in [2.24, 2.45) is 5.92 Å². The number of aliphatic hydroxyl groups is 1. The number of rotatable bonds is 4. The second-order valence-corrected chi connectivity index (χ2v) is 2.43. The van der Waals surface area contributed by atoms with E-state index in [2.05, 4.69) is 13.8 Å². The molecule has 0 heterocycles. The summed E-state index contributed by atoms with van der Waals surface area (Å²) in [4.78, 5) is 0. The second kappa shape index (κ2) is 8.96. The van der Waals surface area contributed by atoms with E-state index in [0.717, 1.165) is 0 Å². The van der Waals surface area contributed by atoms with Crippen molar-refractivity contribution in [3.8, 4) is 0 Å². The molecule has 0 aromatic heterocycles. The first-order valence-electron chi connectivity index (χ1n) is 3.42. The molecule has 1 atom stereocenters. The van der Waals surface area contributed by atoms with Crippen molar-refractivity contribution in [1.82, 2.24) is 0 Å². The topological polar surface area (TPSA) is 20.2 Å². The maximum absolute atomic E-state index is 8.56. The van der Waals surface area contributed by atoms with Gasteiger partial charge in [0.15, 0.2) is 0 Å². The molecule has 9 heavy (non-hydrogen) atoms. The molecule has 0 aliphatic carbocycles. The standard InChI is InChI=1S/C7H16O.Na.H/c1-3-4-5-7(2)6-8;;/h7-8H,3-6H2,1-2H3;;/q;+1;-1. The Morgan fingerprint density at radius 2 is 2.11 bits per heavy atom. The van der Waals surface area contributed by atoms with Crippen LogP contribution in [0.1, 0.15) is 34.5 Å². The Bertz CT molecular complexity index is 52.9. The van der Waals surface area contributed by atoms with Crippen LogP contribution in [0.25, 0.3) is 0 Å². The Morgan fingerprint density at radius 1 is 1.56 bits per heavy atom. The van der Waals surface area contributed by atoms with Crippen molar-refractivity contribution >= 4 is 0 Å². The fraction of sp³-hybridized carbons (Fsp3) is 1.00. The minimum Gasteiger partial charge on any atom is -1.00 e. The van der Waals surface area contributed by atoms with Gasteiger partial charge in [0, 0.05) is 6.61 Å². The monoisotopic (exact) mass is 140 g/mol. The van der Waals surface area contributed by atoms with Crippen LogP contribution in [-0.2, 0) is 0 Å². The van der Waals surface area contributed by atoms with E-state index in [0.29, 0.717) is 12.5 Å². The van der Waals surface area contributed by atoms with Crippen molar-refractivity contribution in [2.45, 2.75) is 33.1 Å². The van der Waals surface area contributed by atoms with Crippen LogP contribution in [-0.4, -0.2) is 11.7 Å². The molecule has 0 saturated heterocycles. The van der Waals surface area contributed by atoms with Crippen LogP contribution in [0.5, 0.6) is 0 Å². The first-order valence-corrected chi connectivity index (χ1v) is 3.42. The summed E-state index contributed by atoms with van der Waals surface area (Å²) in [6, 6.07) is 0. The Morgan fingerprint density at radius 3 is 2.44 bits per heavy atom. The summed E-state index contributed by atoms with van der Waals surface area (Å²) in [7, 11) is 0. The zero-order valence-electron chi connectivity index (χ0n) is 7.85. The molecule has 2 heteroatoms. The molecule has 0 fully saturated rings. The van der Waals surface area contributed by atoms with Gasteiger partial charge in [-0.2, -0.15) is 0 Å². The van der Waals surface area contributed by atoms with Gasteiger partial charge in [0.05, 0.1) is 0 Å². The van der Waals surface area contributed by atoms with Gasteiger partial charge in [-0.1, -0.05) is 26.7 Å². The summed E-state index contributed by atoms with van der Waals surface area (Å²) in [5, 5.41) is 8.56. The van der Waals surface area contributed by atoms with Gasteiger partial charge >= 0.3 is 29.6 Å². The Kier molecular flexibility index (Phi) is 12.6. The van der Waals surface area contributed by atoms with E-state index in [9.17, 15) is 0 Å². The minimum absolute atomic E-state index is 0. The van der Waals surface area contributed by atoms with Crippen LogP contribution >= 0.6 is 0 Å². The Labute approximate surface area is 81.6 Å². The quantitative estimate of drug-likeness (QED) is 0.493. The molecule has 0 aliphatic rings. The zero-order chi connectivity index (χ0) is 6.41. The van der Waals surface area contributed by atoms with E-state index < -0.39 is 0 Å². The summed E-state index contributed by atoms with van der Waals surface area (Å²) < 4.78 is 0. The number of unbranched alkanes of at least 4 members (excludes halogenated alkanes) is 1. The molecule has 0 aromatic rings. The van der Waals surface area contributed by atoms with E-state index in [1.54, 1.807) is 0 Å². The Balaban J connectivity index is -0.000000245. The first kappa shape index (κ1) is 12.6. The molecule has 0 spiro atoms. The van der Waals surface area contributed by atoms with E-state index in [-0.39, 0.29) is 31.0 Å². The molecule has 0 bridgehead atoms. The van der Waals surface area contributed by atoms with E-state index in [4.69, 9.17) is 5.11 Å². The Hall–Kier alpha value is 0.960. The van der Waals surface area contributed by atoms with Crippen LogP contribution in [0.15, 0.2) is 0 Å². The summed E-state index contributed by atoms with van der Waals surface area (Å²) >= 11 is 0. The third-order valence-corrected chi connectivity index (χ3v) is 1.36. The van der Waals surface area contributed by atoms with E-state index in [1.165, 1.54) is 19.3 Å². The van der Waals surface area contributed by atoms with Crippen molar-refractivity contribution < 1.29 is 36.1 Å². The maximum atomic E-state index is 8.56. The van der Waals surface area contributed by atoms with Gasteiger partial charge in [0.2, 0.25) is 0 Å². The molecule has 0 saturated carbocycles. The largest absolute Gasteiger partial charge is 1.00 e. The van der Waals surface area contributed by atoms with Crippen LogP contribution in [0.4, 0.5) is 0 Å². The van der Waals surface area contributed by atoms with Crippen molar-refractivity contribution in [3.05, 3.63) is 0 Å². The molecule has 1 N–H and O–H groups in total. The SMILES string of the molecule is CCCCC(C)CO.[H-].[Na+]. The molecule has 0 radical (unpaired) electrons. The molecule has 0 amide bonds. The molecule has 1 nitrogen and oxygen atoms in total. The van der Waals surface area contributed by atoms with Gasteiger partial charge in [-0.3, -0.25) is 0 Å². The fourth-order valence-electron chi connectivity index (χ4n) is 0.644. The number of hydrogen-bond donors (Lipinski definition) is 1. The zero-order valence-corrected chi connectivity index (χ0v) is 8.85. The fourth-order valence-corrected chi connectivity index (χ4v) is 0.644. The normalized spacial score (nSPS) is 12.3. The third-order valence-electron chi connectivity index (χ3n) is 1.36. The minimum atomic E-state index is 0. The summed E-state index contributed by atoms with van der Waals surface area (Å²) in [6.07, 6.45) is 3.67. The summed E-state index contributed by atoms with van der Waals surface area (Å²) in [5.74, 6) is 0.509. The van der Waals surface area contributed by atoms with Gasteiger partial charge in [0.25, 0.3) is 0 Å². The number of aliphatic hydroxyl groups excluding tert-OH is 1. The van der Waals surface area contributed by atoms with Crippen LogP contribution in [0.3, 0.4) is 0 Å². The van der Waals surface area contributed by atoms with Crippen molar-refractivity contribution in [1.29, 1.82) is 0 Å².